The first-order valence-corrected chi connectivity index (χ1v) is 16.4. The minimum atomic E-state index is -0.957. The molecule has 0 radical (unpaired) electrons. The second-order valence-electron chi connectivity index (χ2n) is 11.3. The smallest absolute Gasteiger partial charge is 0.335 e. The van der Waals surface area contributed by atoms with Gasteiger partial charge in [0.05, 0.1) is 24.4 Å². The Morgan fingerprint density at radius 2 is 1.51 bits per heavy atom. The summed E-state index contributed by atoms with van der Waals surface area (Å²) in [6.45, 7) is 0.321. The number of aliphatic carboxylic acids is 1. The zero-order valence-corrected chi connectivity index (χ0v) is 26.5. The SMILES string of the molecule is O=C(O)CCCC(=O)NCc1cccc(-c2ccc([C@H]3O[C@@H](CSc4ccc(C(=O)O)cc4)C[C@@H](c4ccc(CO)cc4)O3)cc2)c1. The third-order valence-corrected chi connectivity index (χ3v) is 9.02. The predicted octanol–water partition coefficient (Wildman–Crippen LogP) is 6.75. The van der Waals surface area contributed by atoms with Gasteiger partial charge in [0.1, 0.15) is 0 Å². The van der Waals surface area contributed by atoms with Gasteiger partial charge in [-0.15, -0.1) is 11.8 Å². The van der Waals surface area contributed by atoms with Crippen molar-refractivity contribution in [3.63, 3.8) is 0 Å². The van der Waals surface area contributed by atoms with Crippen molar-refractivity contribution >= 4 is 29.6 Å². The molecule has 4 N–H and O–H groups in total. The largest absolute Gasteiger partial charge is 0.481 e. The van der Waals surface area contributed by atoms with Crippen molar-refractivity contribution in [2.24, 2.45) is 0 Å². The fourth-order valence-electron chi connectivity index (χ4n) is 5.29. The van der Waals surface area contributed by atoms with E-state index in [0.717, 1.165) is 38.3 Å². The molecule has 1 saturated heterocycles. The highest BCUT2D eigenvalue weighted by molar-refractivity contribution is 7.99. The zero-order valence-electron chi connectivity index (χ0n) is 25.7. The molecular weight excluding hydrogens is 618 g/mol. The van der Waals surface area contributed by atoms with Crippen molar-refractivity contribution in [2.45, 2.75) is 62.2 Å². The maximum absolute atomic E-state index is 12.1. The van der Waals surface area contributed by atoms with Crippen LogP contribution in [0.5, 0.6) is 0 Å². The summed E-state index contributed by atoms with van der Waals surface area (Å²) in [6.07, 6.45) is 0.110. The molecule has 0 aliphatic carbocycles. The van der Waals surface area contributed by atoms with Crippen LogP contribution < -0.4 is 5.32 Å². The van der Waals surface area contributed by atoms with Crippen molar-refractivity contribution < 1.29 is 39.2 Å². The van der Waals surface area contributed by atoms with Crippen molar-refractivity contribution in [1.29, 1.82) is 0 Å². The average Bonchev–Trinajstić information content (AvgIpc) is 3.10. The summed E-state index contributed by atoms with van der Waals surface area (Å²) >= 11 is 1.60. The number of hydrogen-bond acceptors (Lipinski definition) is 7. The van der Waals surface area contributed by atoms with E-state index in [1.54, 1.807) is 36.0 Å². The van der Waals surface area contributed by atoms with E-state index in [2.05, 4.69) is 5.32 Å². The molecular formula is C37H37NO8S. The Bertz CT molecular complexity index is 1660. The Kier molecular flexibility index (Phi) is 11.8. The number of aromatic carboxylic acids is 1. The van der Waals surface area contributed by atoms with E-state index in [1.165, 1.54) is 0 Å². The molecule has 1 heterocycles. The van der Waals surface area contributed by atoms with Gasteiger partial charge in [-0.05, 0) is 64.6 Å². The Labute approximate surface area is 277 Å². The van der Waals surface area contributed by atoms with Crippen LogP contribution in [0.3, 0.4) is 0 Å². The number of thioether (sulfide) groups is 1. The Morgan fingerprint density at radius 1 is 0.787 bits per heavy atom. The first-order chi connectivity index (χ1) is 22.8. The van der Waals surface area contributed by atoms with Gasteiger partial charge in [0.25, 0.3) is 0 Å². The summed E-state index contributed by atoms with van der Waals surface area (Å²) in [5.74, 6) is -1.39. The standard InChI is InChI=1S/C37H37NO8S/c39-22-24-7-9-27(10-8-24)33-20-31(23-47-32-17-15-28(16-18-32)36(43)44)45-37(46-33)29-13-11-26(12-14-29)30-4-1-3-25(19-30)21-38-34(40)5-2-6-35(41)42/h1,3-4,7-19,31,33,37,39H,2,5-6,20-23H2,(H,38,40)(H,41,42)(H,43,44)/t31-,33+,37+/m1/s1. The van der Waals surface area contributed by atoms with Gasteiger partial charge in [0, 0.05) is 42.0 Å². The number of nitrogens with one attached hydrogen (secondary N) is 1. The van der Waals surface area contributed by atoms with E-state index >= 15 is 0 Å². The molecule has 0 spiro atoms. The van der Waals surface area contributed by atoms with Crippen molar-refractivity contribution in [3.8, 4) is 11.1 Å². The number of aliphatic hydroxyl groups is 1. The normalized spacial score (nSPS) is 17.6. The monoisotopic (exact) mass is 655 g/mol. The van der Waals surface area contributed by atoms with Crippen LogP contribution in [0.4, 0.5) is 0 Å². The van der Waals surface area contributed by atoms with Crippen LogP contribution in [0.2, 0.25) is 0 Å². The molecule has 1 aliphatic rings. The number of rotatable bonds is 14. The molecule has 0 bridgehead atoms. The highest BCUT2D eigenvalue weighted by Crippen LogP contribution is 2.40. The summed E-state index contributed by atoms with van der Waals surface area (Å²) < 4.78 is 12.9. The maximum atomic E-state index is 12.1. The molecule has 0 saturated carbocycles. The fraction of sp³-hybridized carbons (Fsp3) is 0.270. The number of carbonyl (C=O) groups excluding carboxylic acids is 1. The van der Waals surface area contributed by atoms with Crippen LogP contribution >= 0.6 is 11.8 Å². The quantitative estimate of drug-likeness (QED) is 0.109. The third-order valence-electron chi connectivity index (χ3n) is 7.88. The highest BCUT2D eigenvalue weighted by Gasteiger charge is 2.32. The van der Waals surface area contributed by atoms with Crippen LogP contribution in [0.25, 0.3) is 11.1 Å². The minimum Gasteiger partial charge on any atom is -0.481 e. The lowest BCUT2D eigenvalue weighted by Gasteiger charge is -2.36. The number of carboxylic acids is 2. The van der Waals surface area contributed by atoms with Crippen LogP contribution in [-0.2, 0) is 32.2 Å². The summed E-state index contributed by atoms with van der Waals surface area (Å²) in [6, 6.07) is 30.4. The van der Waals surface area contributed by atoms with Gasteiger partial charge in [-0.25, -0.2) is 4.79 Å². The molecule has 1 amide bonds. The summed E-state index contributed by atoms with van der Waals surface area (Å²) in [5.41, 5.74) is 5.86. The molecule has 10 heteroatoms. The van der Waals surface area contributed by atoms with Gasteiger partial charge >= 0.3 is 11.9 Å². The third kappa shape index (κ3) is 9.76. The van der Waals surface area contributed by atoms with E-state index in [9.17, 15) is 24.6 Å². The van der Waals surface area contributed by atoms with Crippen molar-refractivity contribution in [1.82, 2.24) is 5.32 Å². The zero-order chi connectivity index (χ0) is 33.2. The molecule has 244 valence electrons. The fourth-order valence-corrected chi connectivity index (χ4v) is 6.21. The molecule has 4 aromatic rings. The summed E-state index contributed by atoms with van der Waals surface area (Å²) in [4.78, 5) is 35.0. The van der Waals surface area contributed by atoms with E-state index in [0.29, 0.717) is 25.1 Å². The number of aliphatic hydroxyl groups excluding tert-OH is 1. The molecule has 4 aromatic carbocycles. The number of amides is 1. The average molecular weight is 656 g/mol. The van der Waals surface area contributed by atoms with Crippen molar-refractivity contribution in [3.05, 3.63) is 125 Å². The van der Waals surface area contributed by atoms with E-state index in [4.69, 9.17) is 14.6 Å². The molecule has 9 nitrogen and oxygen atoms in total. The van der Waals surface area contributed by atoms with Gasteiger partial charge in [0.15, 0.2) is 6.29 Å². The maximum Gasteiger partial charge on any atom is 0.335 e. The van der Waals surface area contributed by atoms with Crippen LogP contribution in [0.1, 0.15) is 70.7 Å². The van der Waals surface area contributed by atoms with E-state index in [-0.39, 0.29) is 43.1 Å². The van der Waals surface area contributed by atoms with Gasteiger partial charge in [-0.3, -0.25) is 9.59 Å². The lowest BCUT2D eigenvalue weighted by molar-refractivity contribution is -0.245. The molecule has 0 aromatic heterocycles. The van der Waals surface area contributed by atoms with Crippen LogP contribution in [0.15, 0.2) is 102 Å². The van der Waals surface area contributed by atoms with Gasteiger partial charge in [0.2, 0.25) is 5.91 Å². The molecule has 47 heavy (non-hydrogen) atoms. The van der Waals surface area contributed by atoms with Gasteiger partial charge in [-0.2, -0.15) is 0 Å². The number of hydrogen-bond donors (Lipinski definition) is 4. The second kappa shape index (κ2) is 16.4. The number of carboxylic acid groups (broad SMARTS) is 2. The molecule has 1 aliphatic heterocycles. The first kappa shape index (κ1) is 33.9. The van der Waals surface area contributed by atoms with E-state index < -0.39 is 18.2 Å². The number of ether oxygens (including phenoxy) is 2. The van der Waals surface area contributed by atoms with Gasteiger partial charge < -0.3 is 30.1 Å². The van der Waals surface area contributed by atoms with Crippen LogP contribution in [-0.4, -0.2) is 45.0 Å². The molecule has 0 unspecified atom stereocenters. The summed E-state index contributed by atoms with van der Waals surface area (Å²) in [5, 5.41) is 30.3. The molecule has 1 fully saturated rings. The first-order valence-electron chi connectivity index (χ1n) is 15.4. The molecule has 5 rings (SSSR count). The Balaban J connectivity index is 1.26. The topological polar surface area (TPSA) is 142 Å². The predicted molar refractivity (Wildman–Crippen MR) is 178 cm³/mol. The lowest BCUT2D eigenvalue weighted by atomic mass is 9.99. The Hall–Kier alpha value is -4.48. The van der Waals surface area contributed by atoms with Crippen molar-refractivity contribution in [2.75, 3.05) is 5.75 Å². The minimum absolute atomic E-state index is 0.0294. The van der Waals surface area contributed by atoms with Gasteiger partial charge in [-0.1, -0.05) is 66.7 Å². The summed E-state index contributed by atoms with van der Waals surface area (Å²) in [7, 11) is 0. The lowest BCUT2D eigenvalue weighted by Crippen LogP contribution is -2.31. The molecule has 3 atom stereocenters. The van der Waals surface area contributed by atoms with Crippen LogP contribution in [0, 0.1) is 0 Å². The number of carbonyl (C=O) groups is 3. The number of benzene rings is 4. The Morgan fingerprint density at radius 3 is 2.19 bits per heavy atom. The second-order valence-corrected chi connectivity index (χ2v) is 12.4. The van der Waals surface area contributed by atoms with E-state index in [1.807, 2.05) is 72.8 Å². The highest BCUT2D eigenvalue weighted by atomic mass is 32.2.